The number of aryl methyl sites for hydroxylation is 1. The summed E-state index contributed by atoms with van der Waals surface area (Å²) in [4.78, 5) is 19.4. The molecule has 1 amide bonds. The molecule has 24 heavy (non-hydrogen) atoms. The number of nitrogens with zero attached hydrogens (tertiary/aromatic N) is 4. The number of likely N-dealkylation sites (tertiary alicyclic amines) is 1. The fraction of sp³-hybridized carbons (Fsp3) is 0.579. The average molecular weight is 326 g/mol. The van der Waals surface area contributed by atoms with Crippen molar-refractivity contribution in [2.75, 3.05) is 13.1 Å². The Morgan fingerprint density at radius 2 is 2.12 bits per heavy atom. The molecule has 4 rings (SSSR count). The van der Waals surface area contributed by atoms with Crippen LogP contribution in [0, 0.1) is 5.92 Å². The normalized spacial score (nSPS) is 21.7. The van der Waals surface area contributed by atoms with Crippen LogP contribution in [-0.2, 0) is 13.6 Å². The van der Waals surface area contributed by atoms with Gasteiger partial charge in [0.1, 0.15) is 11.5 Å². The van der Waals surface area contributed by atoms with Crippen molar-refractivity contribution in [1.82, 2.24) is 19.0 Å². The molecule has 0 bridgehead atoms. The Kier molecular flexibility index (Phi) is 4.17. The molecule has 128 valence electrons. The van der Waals surface area contributed by atoms with Crippen LogP contribution in [0.1, 0.15) is 54.3 Å². The van der Waals surface area contributed by atoms with Crippen LogP contribution in [0.3, 0.4) is 0 Å². The molecular weight excluding hydrogens is 300 g/mol. The Morgan fingerprint density at radius 1 is 1.25 bits per heavy atom. The highest BCUT2D eigenvalue weighted by molar-refractivity contribution is 5.92. The zero-order valence-electron chi connectivity index (χ0n) is 14.4. The van der Waals surface area contributed by atoms with Gasteiger partial charge in [-0.2, -0.15) is 0 Å². The van der Waals surface area contributed by atoms with Crippen LogP contribution < -0.4 is 0 Å². The number of amides is 1. The standard InChI is InChI=1S/C19H26N4O/c1-21-10-4-8-17(21)19(24)23-11-3-7-16(14-23)18-20-9-12-22(18)13-15-5-2-6-15/h4,8-10,12,15-16H,2-3,5-7,11,13-14H2,1H3. The SMILES string of the molecule is Cn1cccc1C(=O)N1CCCC(c2nccn2CC2CCC2)C1. The minimum atomic E-state index is 0.143. The summed E-state index contributed by atoms with van der Waals surface area (Å²) in [5.74, 6) is 2.50. The van der Waals surface area contributed by atoms with Crippen molar-refractivity contribution >= 4 is 5.91 Å². The highest BCUT2D eigenvalue weighted by Crippen LogP contribution is 2.31. The van der Waals surface area contributed by atoms with Gasteiger partial charge in [0.25, 0.3) is 5.91 Å². The van der Waals surface area contributed by atoms with Gasteiger partial charge in [-0.3, -0.25) is 4.79 Å². The molecule has 2 aliphatic rings. The quantitative estimate of drug-likeness (QED) is 0.867. The lowest BCUT2D eigenvalue weighted by Gasteiger charge is -2.33. The number of aromatic nitrogens is 3. The van der Waals surface area contributed by atoms with E-state index in [0.29, 0.717) is 5.92 Å². The first-order valence-corrected chi connectivity index (χ1v) is 9.14. The first-order chi connectivity index (χ1) is 11.7. The van der Waals surface area contributed by atoms with Crippen LogP contribution in [0.2, 0.25) is 0 Å². The molecule has 5 heteroatoms. The molecule has 1 unspecified atom stereocenters. The van der Waals surface area contributed by atoms with Crippen LogP contribution in [0.4, 0.5) is 0 Å². The maximum Gasteiger partial charge on any atom is 0.270 e. The van der Waals surface area contributed by atoms with Gasteiger partial charge in [-0.05, 0) is 43.7 Å². The van der Waals surface area contributed by atoms with Crippen molar-refractivity contribution in [2.24, 2.45) is 13.0 Å². The number of piperidine rings is 1. The maximum atomic E-state index is 12.8. The zero-order valence-corrected chi connectivity index (χ0v) is 14.4. The molecule has 1 saturated carbocycles. The summed E-state index contributed by atoms with van der Waals surface area (Å²) in [6.45, 7) is 2.73. The Labute approximate surface area is 143 Å². The largest absolute Gasteiger partial charge is 0.347 e. The third kappa shape index (κ3) is 2.87. The minimum absolute atomic E-state index is 0.143. The van der Waals surface area contributed by atoms with E-state index in [1.54, 1.807) is 0 Å². The number of imidazole rings is 1. The molecule has 2 aromatic heterocycles. The second-order valence-electron chi connectivity index (χ2n) is 7.33. The van der Waals surface area contributed by atoms with Crippen LogP contribution >= 0.6 is 0 Å². The molecule has 0 N–H and O–H groups in total. The van der Waals surface area contributed by atoms with Crippen molar-refractivity contribution in [3.63, 3.8) is 0 Å². The van der Waals surface area contributed by atoms with E-state index < -0.39 is 0 Å². The first kappa shape index (κ1) is 15.5. The van der Waals surface area contributed by atoms with Gasteiger partial charge in [0.2, 0.25) is 0 Å². The topological polar surface area (TPSA) is 43.1 Å². The summed E-state index contributed by atoms with van der Waals surface area (Å²) in [5, 5.41) is 0. The third-order valence-electron chi connectivity index (χ3n) is 5.66. The second-order valence-corrected chi connectivity index (χ2v) is 7.33. The van der Waals surface area contributed by atoms with Gasteiger partial charge < -0.3 is 14.0 Å². The molecule has 0 spiro atoms. The van der Waals surface area contributed by atoms with Gasteiger partial charge >= 0.3 is 0 Å². The molecule has 0 aromatic carbocycles. The molecular formula is C19H26N4O. The fourth-order valence-corrected chi connectivity index (χ4v) is 4.01. The summed E-state index contributed by atoms with van der Waals surface area (Å²) in [6.07, 6.45) is 12.2. The smallest absolute Gasteiger partial charge is 0.270 e. The van der Waals surface area contributed by atoms with Gasteiger partial charge in [0, 0.05) is 51.2 Å². The Hall–Kier alpha value is -2.04. The van der Waals surface area contributed by atoms with Gasteiger partial charge in [0.15, 0.2) is 0 Å². The number of carbonyl (C=O) groups excluding carboxylic acids is 1. The Bertz CT molecular complexity index is 713. The number of hydrogen-bond acceptors (Lipinski definition) is 2. The van der Waals surface area contributed by atoms with Crippen LogP contribution in [0.5, 0.6) is 0 Å². The lowest BCUT2D eigenvalue weighted by molar-refractivity contribution is 0.0693. The molecule has 1 aliphatic heterocycles. The summed E-state index contributed by atoms with van der Waals surface area (Å²) in [7, 11) is 1.93. The summed E-state index contributed by atoms with van der Waals surface area (Å²) in [5.41, 5.74) is 0.772. The van der Waals surface area contributed by atoms with Gasteiger partial charge in [-0.1, -0.05) is 6.42 Å². The molecule has 3 heterocycles. The number of hydrogen-bond donors (Lipinski definition) is 0. The van der Waals surface area contributed by atoms with Gasteiger partial charge in [-0.25, -0.2) is 4.98 Å². The average Bonchev–Trinajstić information content (AvgIpc) is 3.19. The van der Waals surface area contributed by atoms with Gasteiger partial charge in [0.05, 0.1) is 0 Å². The highest BCUT2D eigenvalue weighted by atomic mass is 16.2. The number of rotatable bonds is 4. The summed E-state index contributed by atoms with van der Waals surface area (Å²) in [6, 6.07) is 3.84. The predicted molar refractivity (Wildman–Crippen MR) is 92.9 cm³/mol. The Balaban J connectivity index is 1.48. The third-order valence-corrected chi connectivity index (χ3v) is 5.66. The second kappa shape index (κ2) is 6.46. The molecule has 0 radical (unpaired) electrons. The number of carbonyl (C=O) groups is 1. The lowest BCUT2D eigenvalue weighted by Crippen LogP contribution is -2.40. The van der Waals surface area contributed by atoms with E-state index in [9.17, 15) is 4.79 Å². The molecule has 1 aliphatic carbocycles. The highest BCUT2D eigenvalue weighted by Gasteiger charge is 2.29. The molecule has 1 atom stereocenters. The van der Waals surface area contributed by atoms with Crippen LogP contribution in [0.25, 0.3) is 0 Å². The van der Waals surface area contributed by atoms with E-state index >= 15 is 0 Å². The predicted octanol–water partition coefficient (Wildman–Crippen LogP) is 3.04. The van der Waals surface area contributed by atoms with Crippen molar-refractivity contribution in [3.05, 3.63) is 42.2 Å². The van der Waals surface area contributed by atoms with Crippen molar-refractivity contribution < 1.29 is 4.79 Å². The van der Waals surface area contributed by atoms with E-state index in [2.05, 4.69) is 15.7 Å². The van der Waals surface area contributed by atoms with Gasteiger partial charge in [-0.15, -0.1) is 0 Å². The maximum absolute atomic E-state index is 12.8. The van der Waals surface area contributed by atoms with E-state index in [-0.39, 0.29) is 5.91 Å². The van der Waals surface area contributed by atoms with E-state index in [4.69, 9.17) is 0 Å². The summed E-state index contributed by atoms with van der Waals surface area (Å²) < 4.78 is 4.24. The zero-order chi connectivity index (χ0) is 16.5. The van der Waals surface area contributed by atoms with Crippen molar-refractivity contribution in [1.29, 1.82) is 0 Å². The van der Waals surface area contributed by atoms with Crippen LogP contribution in [-0.4, -0.2) is 38.0 Å². The monoisotopic (exact) mass is 326 g/mol. The fourth-order valence-electron chi connectivity index (χ4n) is 4.01. The minimum Gasteiger partial charge on any atom is -0.347 e. The van der Waals surface area contributed by atoms with Crippen molar-refractivity contribution in [3.8, 4) is 0 Å². The molecule has 2 aromatic rings. The Morgan fingerprint density at radius 3 is 2.83 bits per heavy atom. The van der Waals surface area contributed by atoms with E-state index in [1.807, 2.05) is 41.0 Å². The van der Waals surface area contributed by atoms with Crippen molar-refractivity contribution in [2.45, 2.75) is 44.6 Å². The first-order valence-electron chi connectivity index (χ1n) is 9.14. The van der Waals surface area contributed by atoms with E-state index in [0.717, 1.165) is 44.1 Å². The molecule has 1 saturated heterocycles. The molecule has 5 nitrogen and oxygen atoms in total. The van der Waals surface area contributed by atoms with Crippen LogP contribution in [0.15, 0.2) is 30.7 Å². The van der Waals surface area contributed by atoms with E-state index in [1.165, 1.54) is 25.1 Å². The lowest BCUT2D eigenvalue weighted by atomic mass is 9.85. The summed E-state index contributed by atoms with van der Waals surface area (Å²) >= 11 is 0. The molecule has 2 fully saturated rings.